The van der Waals surface area contributed by atoms with E-state index in [0.29, 0.717) is 28.1 Å². The van der Waals surface area contributed by atoms with Gasteiger partial charge in [-0.05, 0) is 74.6 Å². The molecule has 0 saturated heterocycles. The van der Waals surface area contributed by atoms with Crippen LogP contribution in [0.3, 0.4) is 0 Å². The number of halogens is 1. The van der Waals surface area contributed by atoms with Crippen molar-refractivity contribution in [1.82, 2.24) is 15.0 Å². The molecule has 0 aliphatic rings. The Morgan fingerprint density at radius 2 is 0.881 bits per heavy atom. The Morgan fingerprint density at radius 3 is 1.73 bits per heavy atom. The second-order valence-corrected chi connectivity index (χ2v) is 15.3. The van der Waals surface area contributed by atoms with Crippen LogP contribution in [-0.2, 0) is 0 Å². The van der Waals surface area contributed by atoms with Crippen molar-refractivity contribution in [2.75, 3.05) is 0 Å². The topological polar surface area (TPSA) is 65.0 Å². The first kappa shape index (κ1) is 33.5. The standard InChI is InChI=1S/C53H30ClN3O2/c54-45-30-49-44(29-43(45)34-22-20-33(21-23-34)39-15-7-12-32-10-3-4-13-38(32)39)50-42(16-8-18-47(50)59-49)53-56-51(36-24-19-31-9-1-2-11-35(31)27-36)55-52(57-53)37-25-26-41-40-14-5-6-17-46(40)58-48(41)28-37/h1-30H. The second kappa shape index (κ2) is 13.2. The SMILES string of the molecule is Clc1cc2oc3cccc(-c4nc(-c5ccc6ccccc6c5)nc(-c5ccc6c(c5)oc5ccccc56)n4)c3c2cc1-c1ccc(-c2cccc3ccccc23)cc1. The van der Waals surface area contributed by atoms with Crippen LogP contribution in [0.15, 0.2) is 191 Å². The minimum Gasteiger partial charge on any atom is -0.456 e. The summed E-state index contributed by atoms with van der Waals surface area (Å²) in [5.74, 6) is 1.65. The predicted molar refractivity (Wildman–Crippen MR) is 242 cm³/mol. The molecule has 276 valence electrons. The van der Waals surface area contributed by atoms with E-state index in [9.17, 15) is 0 Å². The van der Waals surface area contributed by atoms with Crippen molar-refractivity contribution in [3.63, 3.8) is 0 Å². The van der Waals surface area contributed by atoms with E-state index in [1.807, 2.05) is 54.6 Å². The van der Waals surface area contributed by atoms with Crippen molar-refractivity contribution in [1.29, 1.82) is 0 Å². The average molecular weight is 776 g/mol. The molecule has 0 aliphatic heterocycles. The molecule has 0 bridgehead atoms. The van der Waals surface area contributed by atoms with E-state index in [0.717, 1.165) is 82.4 Å². The summed E-state index contributed by atoms with van der Waals surface area (Å²) in [6.45, 7) is 0. The van der Waals surface area contributed by atoms with Crippen molar-refractivity contribution in [3.05, 3.63) is 187 Å². The van der Waals surface area contributed by atoms with Crippen LogP contribution < -0.4 is 0 Å². The Labute approximate surface area is 342 Å². The molecule has 0 saturated carbocycles. The van der Waals surface area contributed by atoms with Crippen LogP contribution in [0.1, 0.15) is 0 Å². The predicted octanol–water partition coefficient (Wildman–Crippen LogP) is 15.0. The Kier molecular flexibility index (Phi) is 7.52. The minimum absolute atomic E-state index is 0.534. The van der Waals surface area contributed by atoms with E-state index in [1.54, 1.807) is 0 Å². The van der Waals surface area contributed by atoms with Crippen LogP contribution in [-0.4, -0.2) is 15.0 Å². The molecular formula is C53H30ClN3O2. The molecule has 0 atom stereocenters. The second-order valence-electron chi connectivity index (χ2n) is 14.9. The molecule has 12 rings (SSSR count). The van der Waals surface area contributed by atoms with Gasteiger partial charge in [-0.25, -0.2) is 15.0 Å². The highest BCUT2D eigenvalue weighted by Gasteiger charge is 2.20. The van der Waals surface area contributed by atoms with Gasteiger partial charge in [-0.2, -0.15) is 0 Å². The molecule has 0 unspecified atom stereocenters. The molecule has 5 nitrogen and oxygen atoms in total. The van der Waals surface area contributed by atoms with Crippen LogP contribution in [0.4, 0.5) is 0 Å². The lowest BCUT2D eigenvalue weighted by molar-refractivity contribution is 0.668. The van der Waals surface area contributed by atoms with Gasteiger partial charge >= 0.3 is 0 Å². The largest absolute Gasteiger partial charge is 0.456 e. The van der Waals surface area contributed by atoms with Gasteiger partial charge in [0, 0.05) is 49.9 Å². The first-order valence-corrected chi connectivity index (χ1v) is 19.9. The fraction of sp³-hybridized carbons (Fsp3) is 0. The highest BCUT2D eigenvalue weighted by molar-refractivity contribution is 6.34. The molecule has 6 heteroatoms. The fourth-order valence-corrected chi connectivity index (χ4v) is 8.77. The number of fused-ring (bicyclic) bond motifs is 8. The molecule has 12 aromatic rings. The zero-order valence-electron chi connectivity index (χ0n) is 31.4. The molecule has 0 aliphatic carbocycles. The Bertz CT molecular complexity index is 3640. The van der Waals surface area contributed by atoms with E-state index in [-0.39, 0.29) is 0 Å². The van der Waals surface area contributed by atoms with Crippen LogP contribution >= 0.6 is 11.6 Å². The number of para-hydroxylation sites is 1. The molecule has 59 heavy (non-hydrogen) atoms. The van der Waals surface area contributed by atoms with Gasteiger partial charge in [0.25, 0.3) is 0 Å². The van der Waals surface area contributed by atoms with Gasteiger partial charge < -0.3 is 8.83 Å². The van der Waals surface area contributed by atoms with Crippen LogP contribution in [0.25, 0.3) is 122 Å². The van der Waals surface area contributed by atoms with Crippen molar-refractivity contribution in [3.8, 4) is 56.4 Å². The van der Waals surface area contributed by atoms with E-state index in [1.165, 1.54) is 16.3 Å². The van der Waals surface area contributed by atoms with Crippen molar-refractivity contribution >= 4 is 77.0 Å². The van der Waals surface area contributed by atoms with Crippen LogP contribution in [0.5, 0.6) is 0 Å². The summed E-state index contributed by atoms with van der Waals surface area (Å²) < 4.78 is 12.8. The van der Waals surface area contributed by atoms with Crippen molar-refractivity contribution in [2.24, 2.45) is 0 Å². The molecule has 3 heterocycles. The molecule has 3 aromatic heterocycles. The lowest BCUT2D eigenvalue weighted by atomic mass is 9.95. The third-order valence-corrected chi connectivity index (χ3v) is 11.7. The lowest BCUT2D eigenvalue weighted by Crippen LogP contribution is -2.00. The molecule has 0 fully saturated rings. The van der Waals surface area contributed by atoms with E-state index >= 15 is 0 Å². The smallest absolute Gasteiger partial charge is 0.164 e. The summed E-state index contributed by atoms with van der Waals surface area (Å²) in [4.78, 5) is 15.5. The Morgan fingerprint density at radius 1 is 0.322 bits per heavy atom. The number of rotatable bonds is 5. The number of benzene rings is 9. The summed E-state index contributed by atoms with van der Waals surface area (Å²) in [5, 5.41) is 9.24. The van der Waals surface area contributed by atoms with E-state index < -0.39 is 0 Å². The van der Waals surface area contributed by atoms with Gasteiger partial charge in [0.05, 0.1) is 5.02 Å². The number of hydrogen-bond acceptors (Lipinski definition) is 5. The minimum atomic E-state index is 0.534. The zero-order chi connectivity index (χ0) is 39.0. The average Bonchev–Trinajstić information content (AvgIpc) is 3.85. The van der Waals surface area contributed by atoms with Crippen LogP contribution in [0.2, 0.25) is 5.02 Å². The van der Waals surface area contributed by atoms with Gasteiger partial charge in [-0.3, -0.25) is 0 Å². The van der Waals surface area contributed by atoms with E-state index in [4.69, 9.17) is 35.4 Å². The number of furan rings is 2. The van der Waals surface area contributed by atoms with Crippen LogP contribution in [0, 0.1) is 0 Å². The number of hydrogen-bond donors (Lipinski definition) is 0. The Balaban J connectivity index is 1.02. The molecule has 0 radical (unpaired) electrons. The first-order chi connectivity index (χ1) is 29.1. The maximum Gasteiger partial charge on any atom is 0.164 e. The number of aromatic nitrogens is 3. The maximum atomic E-state index is 7.04. The summed E-state index contributed by atoms with van der Waals surface area (Å²) in [5.41, 5.74) is 9.82. The van der Waals surface area contributed by atoms with Gasteiger partial charge in [-0.15, -0.1) is 0 Å². The zero-order valence-corrected chi connectivity index (χ0v) is 32.1. The molecule has 0 N–H and O–H groups in total. The van der Waals surface area contributed by atoms with Gasteiger partial charge in [0.15, 0.2) is 17.5 Å². The van der Waals surface area contributed by atoms with Crippen molar-refractivity contribution < 1.29 is 8.83 Å². The Hall–Kier alpha value is -7.60. The van der Waals surface area contributed by atoms with E-state index in [2.05, 4.69) is 127 Å². The third-order valence-electron chi connectivity index (χ3n) is 11.4. The normalized spacial score (nSPS) is 11.8. The molecule has 0 spiro atoms. The first-order valence-electron chi connectivity index (χ1n) is 19.5. The fourth-order valence-electron chi connectivity index (χ4n) is 8.51. The lowest BCUT2D eigenvalue weighted by Gasteiger charge is -2.11. The highest BCUT2D eigenvalue weighted by Crippen LogP contribution is 2.42. The maximum absolute atomic E-state index is 7.04. The summed E-state index contributed by atoms with van der Waals surface area (Å²) in [6.07, 6.45) is 0. The summed E-state index contributed by atoms with van der Waals surface area (Å²) in [7, 11) is 0. The molecule has 9 aromatic carbocycles. The third kappa shape index (κ3) is 5.58. The van der Waals surface area contributed by atoms with Crippen molar-refractivity contribution in [2.45, 2.75) is 0 Å². The quantitative estimate of drug-likeness (QED) is 0.174. The summed E-state index contributed by atoms with van der Waals surface area (Å²) in [6, 6.07) is 62.4. The monoisotopic (exact) mass is 775 g/mol. The van der Waals surface area contributed by atoms with Gasteiger partial charge in [0.2, 0.25) is 0 Å². The van der Waals surface area contributed by atoms with Gasteiger partial charge in [0.1, 0.15) is 22.3 Å². The molecule has 0 amide bonds. The highest BCUT2D eigenvalue weighted by atomic mass is 35.5. The number of nitrogens with zero attached hydrogens (tertiary/aromatic N) is 3. The van der Waals surface area contributed by atoms with Gasteiger partial charge in [-0.1, -0.05) is 151 Å². The molecular weight excluding hydrogens is 746 g/mol. The summed E-state index contributed by atoms with van der Waals surface area (Å²) >= 11 is 7.04.